The number of rotatable bonds is 6. The number of alkyl halides is 2. The number of carbonyl (C=O) groups excluding carboxylic acids is 3. The number of nitrogens with one attached hydrogen (secondary N) is 2. The van der Waals surface area contributed by atoms with E-state index >= 15 is 0 Å². The Balaban J connectivity index is 2.19. The Hall–Kier alpha value is -1.99. The lowest BCUT2D eigenvalue weighted by Crippen LogP contribution is -2.22. The topological polar surface area (TPSA) is 75.3 Å². The molecule has 0 unspecified atom stereocenters. The standard InChI is InChI=1S/C17H14Br2N2O3/c18-9-15(22)11-5-1-3-7-13(11)20-17(24)21-14-8-4-2-6-12(14)16(23)10-19/h1-8H,9-10H2,(H2,20,21,24). The third kappa shape index (κ3) is 4.52. The Kier molecular flexibility index (Phi) is 6.69. The van der Waals surface area contributed by atoms with Crippen molar-refractivity contribution in [2.75, 3.05) is 21.3 Å². The van der Waals surface area contributed by atoms with Crippen LogP contribution in [0.2, 0.25) is 0 Å². The summed E-state index contributed by atoms with van der Waals surface area (Å²) in [7, 11) is 0. The SMILES string of the molecule is O=C(Nc1ccccc1C(=O)CBr)Nc1ccccc1C(=O)CBr. The highest BCUT2D eigenvalue weighted by Gasteiger charge is 2.14. The van der Waals surface area contributed by atoms with E-state index in [0.717, 1.165) is 0 Å². The van der Waals surface area contributed by atoms with Gasteiger partial charge in [0.05, 0.1) is 22.0 Å². The minimum atomic E-state index is -0.528. The lowest BCUT2D eigenvalue weighted by Gasteiger charge is -2.12. The van der Waals surface area contributed by atoms with Gasteiger partial charge in [0.15, 0.2) is 11.6 Å². The van der Waals surface area contributed by atoms with Crippen LogP contribution in [0, 0.1) is 0 Å². The van der Waals surface area contributed by atoms with Crippen molar-refractivity contribution in [1.29, 1.82) is 0 Å². The van der Waals surface area contributed by atoms with Crippen LogP contribution >= 0.6 is 31.9 Å². The van der Waals surface area contributed by atoms with Crippen molar-refractivity contribution in [1.82, 2.24) is 0 Å². The van der Waals surface area contributed by atoms with E-state index in [-0.39, 0.29) is 22.2 Å². The number of carbonyl (C=O) groups is 3. The molecule has 2 amide bonds. The summed E-state index contributed by atoms with van der Waals surface area (Å²) in [5.74, 6) is -0.276. The van der Waals surface area contributed by atoms with Crippen LogP contribution in [-0.4, -0.2) is 28.3 Å². The zero-order chi connectivity index (χ0) is 17.5. The van der Waals surface area contributed by atoms with Crippen molar-refractivity contribution in [3.63, 3.8) is 0 Å². The van der Waals surface area contributed by atoms with Crippen LogP contribution in [0.25, 0.3) is 0 Å². The maximum Gasteiger partial charge on any atom is 0.323 e. The van der Waals surface area contributed by atoms with Gasteiger partial charge in [0.1, 0.15) is 0 Å². The van der Waals surface area contributed by atoms with E-state index in [1.807, 2.05) is 0 Å². The van der Waals surface area contributed by atoms with Gasteiger partial charge in [-0.05, 0) is 24.3 Å². The molecule has 24 heavy (non-hydrogen) atoms. The van der Waals surface area contributed by atoms with Gasteiger partial charge >= 0.3 is 6.03 Å². The second-order valence-corrected chi connectivity index (χ2v) is 5.91. The van der Waals surface area contributed by atoms with Gasteiger partial charge in [0.25, 0.3) is 0 Å². The summed E-state index contributed by atoms with van der Waals surface area (Å²) in [6.45, 7) is 0. The van der Waals surface area contributed by atoms with Crippen molar-refractivity contribution in [2.24, 2.45) is 0 Å². The smallest absolute Gasteiger partial charge is 0.307 e. The lowest BCUT2D eigenvalue weighted by atomic mass is 10.1. The predicted molar refractivity (Wildman–Crippen MR) is 102 cm³/mol. The summed E-state index contributed by atoms with van der Waals surface area (Å²) in [6.07, 6.45) is 0. The van der Waals surface area contributed by atoms with Gasteiger partial charge in [-0.25, -0.2) is 4.79 Å². The summed E-state index contributed by atoms with van der Waals surface area (Å²) in [5.41, 5.74) is 1.64. The molecule has 0 heterocycles. The Labute approximate surface area is 156 Å². The first kappa shape index (κ1) is 18.4. The van der Waals surface area contributed by atoms with E-state index < -0.39 is 6.03 Å². The van der Waals surface area contributed by atoms with Crippen molar-refractivity contribution in [3.05, 3.63) is 59.7 Å². The molecular formula is C17H14Br2N2O3. The van der Waals surface area contributed by atoms with Crippen molar-refractivity contribution < 1.29 is 14.4 Å². The number of ketones is 2. The van der Waals surface area contributed by atoms with Crippen LogP contribution in [0.15, 0.2) is 48.5 Å². The lowest BCUT2D eigenvalue weighted by molar-refractivity contribution is 0.101. The number of urea groups is 1. The van der Waals surface area contributed by atoms with Gasteiger partial charge in [0, 0.05) is 11.1 Å². The van der Waals surface area contributed by atoms with Gasteiger partial charge < -0.3 is 10.6 Å². The Morgan fingerprint density at radius 3 is 1.46 bits per heavy atom. The molecular weight excluding hydrogens is 440 g/mol. The number of para-hydroxylation sites is 2. The zero-order valence-electron chi connectivity index (χ0n) is 12.5. The molecule has 0 aliphatic rings. The van der Waals surface area contributed by atoms with E-state index in [0.29, 0.717) is 22.5 Å². The van der Waals surface area contributed by atoms with Gasteiger partial charge in [-0.3, -0.25) is 9.59 Å². The maximum absolute atomic E-state index is 12.2. The van der Waals surface area contributed by atoms with E-state index in [2.05, 4.69) is 42.5 Å². The average molecular weight is 454 g/mol. The molecule has 0 fully saturated rings. The van der Waals surface area contributed by atoms with E-state index in [1.54, 1.807) is 48.5 Å². The molecule has 0 spiro atoms. The van der Waals surface area contributed by atoms with Gasteiger partial charge in [-0.2, -0.15) is 0 Å². The summed E-state index contributed by atoms with van der Waals surface area (Å²) in [5, 5.41) is 5.61. The summed E-state index contributed by atoms with van der Waals surface area (Å²) in [4.78, 5) is 36.0. The number of Topliss-reactive ketones (excluding diaryl/α,β-unsaturated/α-hetero) is 2. The quantitative estimate of drug-likeness (QED) is 0.499. The molecule has 2 rings (SSSR count). The molecule has 2 aromatic carbocycles. The Morgan fingerprint density at radius 1 is 0.708 bits per heavy atom. The number of amides is 2. The molecule has 0 bridgehead atoms. The zero-order valence-corrected chi connectivity index (χ0v) is 15.7. The van der Waals surface area contributed by atoms with Gasteiger partial charge in [-0.15, -0.1) is 0 Å². The van der Waals surface area contributed by atoms with Crippen molar-refractivity contribution in [3.8, 4) is 0 Å². The molecule has 7 heteroatoms. The highest BCUT2D eigenvalue weighted by atomic mass is 79.9. The van der Waals surface area contributed by atoms with Crippen LogP contribution in [0.4, 0.5) is 16.2 Å². The normalized spacial score (nSPS) is 10.1. The molecule has 0 saturated carbocycles. The first-order valence-electron chi connectivity index (χ1n) is 7.01. The fourth-order valence-corrected chi connectivity index (χ4v) is 2.69. The number of hydrogen-bond acceptors (Lipinski definition) is 3. The second-order valence-electron chi connectivity index (χ2n) is 4.78. The first-order chi connectivity index (χ1) is 11.6. The molecule has 0 atom stereocenters. The second kappa shape index (κ2) is 8.75. The third-order valence-electron chi connectivity index (χ3n) is 3.19. The van der Waals surface area contributed by atoms with E-state index in [9.17, 15) is 14.4 Å². The summed E-state index contributed by atoms with van der Waals surface area (Å²) >= 11 is 6.24. The monoisotopic (exact) mass is 452 g/mol. The number of anilines is 2. The average Bonchev–Trinajstić information content (AvgIpc) is 2.61. The number of hydrogen-bond donors (Lipinski definition) is 2. The maximum atomic E-state index is 12.2. The summed E-state index contributed by atoms with van der Waals surface area (Å²) < 4.78 is 0. The van der Waals surface area contributed by atoms with E-state index in [4.69, 9.17) is 0 Å². The molecule has 0 aliphatic carbocycles. The highest BCUT2D eigenvalue weighted by Crippen LogP contribution is 2.19. The third-order valence-corrected chi connectivity index (χ3v) is 4.21. The molecule has 0 saturated heterocycles. The largest absolute Gasteiger partial charge is 0.323 e. The van der Waals surface area contributed by atoms with Crippen molar-refractivity contribution in [2.45, 2.75) is 0 Å². The van der Waals surface area contributed by atoms with Crippen LogP contribution < -0.4 is 10.6 Å². The van der Waals surface area contributed by atoms with Gasteiger partial charge in [0.2, 0.25) is 0 Å². The molecule has 2 aromatic rings. The molecule has 124 valence electrons. The fraction of sp³-hybridized carbons (Fsp3) is 0.118. The van der Waals surface area contributed by atoms with Crippen LogP contribution in [-0.2, 0) is 0 Å². The van der Waals surface area contributed by atoms with Crippen LogP contribution in [0.5, 0.6) is 0 Å². The number of benzene rings is 2. The minimum Gasteiger partial charge on any atom is -0.307 e. The van der Waals surface area contributed by atoms with E-state index in [1.165, 1.54) is 0 Å². The Morgan fingerprint density at radius 2 is 1.08 bits per heavy atom. The van der Waals surface area contributed by atoms with Crippen LogP contribution in [0.3, 0.4) is 0 Å². The molecule has 0 radical (unpaired) electrons. The first-order valence-corrected chi connectivity index (χ1v) is 9.25. The molecule has 2 N–H and O–H groups in total. The van der Waals surface area contributed by atoms with Crippen molar-refractivity contribution >= 4 is 60.8 Å². The fourth-order valence-electron chi connectivity index (χ4n) is 2.09. The molecule has 0 aliphatic heterocycles. The molecule has 0 aromatic heterocycles. The molecule has 5 nitrogen and oxygen atoms in total. The highest BCUT2D eigenvalue weighted by molar-refractivity contribution is 9.09. The predicted octanol–water partition coefficient (Wildman–Crippen LogP) is 4.49. The number of halogens is 2. The Bertz CT molecular complexity index is 714. The van der Waals surface area contributed by atoms with Gasteiger partial charge in [-0.1, -0.05) is 56.1 Å². The minimum absolute atomic E-state index is 0.138. The summed E-state index contributed by atoms with van der Waals surface area (Å²) in [6, 6.07) is 12.9. The van der Waals surface area contributed by atoms with Crippen LogP contribution in [0.1, 0.15) is 20.7 Å².